The molecule has 27 heavy (non-hydrogen) atoms. The van der Waals surface area contributed by atoms with Gasteiger partial charge in [0.25, 0.3) is 5.22 Å². The van der Waals surface area contributed by atoms with Crippen LogP contribution >= 0.6 is 27.7 Å². The van der Waals surface area contributed by atoms with Crippen LogP contribution in [0.3, 0.4) is 0 Å². The summed E-state index contributed by atoms with van der Waals surface area (Å²) in [6.07, 6.45) is 0. The number of aromatic nitrogens is 2. The molecule has 0 bridgehead atoms. The predicted molar refractivity (Wildman–Crippen MR) is 104 cm³/mol. The van der Waals surface area contributed by atoms with Gasteiger partial charge in [-0.3, -0.25) is 4.79 Å². The molecular formula is C18H14BrN3O4S. The third-order valence-corrected chi connectivity index (χ3v) is 5.00. The Hall–Kier alpha value is -2.52. The summed E-state index contributed by atoms with van der Waals surface area (Å²) < 4.78 is 17.6. The number of nitrogens with one attached hydrogen (secondary N) is 1. The Morgan fingerprint density at radius 1 is 1.07 bits per heavy atom. The monoisotopic (exact) mass is 447 g/mol. The van der Waals surface area contributed by atoms with Crippen molar-refractivity contribution in [1.29, 1.82) is 0 Å². The van der Waals surface area contributed by atoms with Crippen LogP contribution in [0, 0.1) is 0 Å². The van der Waals surface area contributed by atoms with Crippen molar-refractivity contribution in [3.8, 4) is 23.0 Å². The summed E-state index contributed by atoms with van der Waals surface area (Å²) in [4.78, 5) is 12.0. The fourth-order valence-electron chi connectivity index (χ4n) is 2.42. The van der Waals surface area contributed by atoms with Gasteiger partial charge in [-0.25, -0.2) is 0 Å². The molecule has 0 unspecified atom stereocenters. The van der Waals surface area contributed by atoms with E-state index in [1.54, 1.807) is 6.07 Å². The number of anilines is 1. The minimum Gasteiger partial charge on any atom is -0.486 e. The zero-order chi connectivity index (χ0) is 18.6. The highest BCUT2D eigenvalue weighted by Gasteiger charge is 2.16. The first-order valence-corrected chi connectivity index (χ1v) is 9.87. The fraction of sp³-hybridized carbons (Fsp3) is 0.167. The molecule has 2 heterocycles. The second-order valence-electron chi connectivity index (χ2n) is 5.58. The van der Waals surface area contributed by atoms with Crippen LogP contribution in [0.1, 0.15) is 0 Å². The lowest BCUT2D eigenvalue weighted by Gasteiger charge is -2.18. The van der Waals surface area contributed by atoms with Gasteiger partial charge in [0.1, 0.15) is 13.2 Å². The normalized spacial score (nSPS) is 12.6. The highest BCUT2D eigenvalue weighted by atomic mass is 79.9. The molecule has 1 aliphatic rings. The Kier molecular flexibility index (Phi) is 5.30. The maximum atomic E-state index is 12.0. The maximum absolute atomic E-state index is 12.0. The SMILES string of the molecule is O=C(CSc1nnc(-c2ccc3c(c2)OCCO3)o1)Nc1ccc(Br)cc1. The fourth-order valence-corrected chi connectivity index (χ4v) is 3.25. The van der Waals surface area contributed by atoms with Crippen LogP contribution in [0.5, 0.6) is 11.5 Å². The van der Waals surface area contributed by atoms with Crippen molar-refractivity contribution in [3.63, 3.8) is 0 Å². The highest BCUT2D eigenvalue weighted by Crippen LogP contribution is 2.34. The second kappa shape index (κ2) is 8.01. The zero-order valence-electron chi connectivity index (χ0n) is 14.0. The lowest BCUT2D eigenvalue weighted by Crippen LogP contribution is -2.15. The third kappa shape index (κ3) is 4.42. The van der Waals surface area contributed by atoms with Crippen LogP contribution < -0.4 is 14.8 Å². The van der Waals surface area contributed by atoms with Crippen molar-refractivity contribution in [1.82, 2.24) is 10.2 Å². The van der Waals surface area contributed by atoms with Crippen LogP contribution in [0.4, 0.5) is 5.69 Å². The van der Waals surface area contributed by atoms with E-state index in [0.29, 0.717) is 35.8 Å². The molecule has 0 aliphatic carbocycles. The molecule has 0 spiro atoms. The lowest BCUT2D eigenvalue weighted by atomic mass is 10.2. The third-order valence-electron chi connectivity index (χ3n) is 3.65. The van der Waals surface area contributed by atoms with Gasteiger partial charge in [0, 0.05) is 15.7 Å². The number of ether oxygens (including phenoxy) is 2. The van der Waals surface area contributed by atoms with Crippen molar-refractivity contribution < 1.29 is 18.7 Å². The highest BCUT2D eigenvalue weighted by molar-refractivity contribution is 9.10. The predicted octanol–water partition coefficient (Wildman–Crippen LogP) is 4.00. The van der Waals surface area contributed by atoms with E-state index in [0.717, 1.165) is 15.7 Å². The standard InChI is InChI=1S/C18H14BrN3O4S/c19-12-2-4-13(5-3-12)20-16(23)10-27-18-22-21-17(26-18)11-1-6-14-15(9-11)25-8-7-24-14/h1-6,9H,7-8,10H2,(H,20,23). The number of amides is 1. The summed E-state index contributed by atoms with van der Waals surface area (Å²) in [5.41, 5.74) is 1.46. The number of thioether (sulfide) groups is 1. The van der Waals surface area contributed by atoms with Gasteiger partial charge >= 0.3 is 0 Å². The number of benzene rings is 2. The second-order valence-corrected chi connectivity index (χ2v) is 7.42. The molecule has 4 rings (SSSR count). The van der Waals surface area contributed by atoms with Crippen molar-refractivity contribution in [2.45, 2.75) is 5.22 Å². The Balaban J connectivity index is 1.36. The van der Waals surface area contributed by atoms with E-state index in [4.69, 9.17) is 13.9 Å². The maximum Gasteiger partial charge on any atom is 0.277 e. The Labute approximate surface area is 167 Å². The van der Waals surface area contributed by atoms with E-state index in [2.05, 4.69) is 31.4 Å². The van der Waals surface area contributed by atoms with E-state index in [1.807, 2.05) is 36.4 Å². The number of carbonyl (C=O) groups excluding carboxylic acids is 1. The molecule has 2 aromatic carbocycles. The first-order valence-electron chi connectivity index (χ1n) is 8.09. The number of hydrogen-bond donors (Lipinski definition) is 1. The van der Waals surface area contributed by atoms with Gasteiger partial charge in [0.2, 0.25) is 11.8 Å². The molecule has 0 atom stereocenters. The number of carbonyl (C=O) groups is 1. The van der Waals surface area contributed by atoms with E-state index < -0.39 is 0 Å². The number of halogens is 1. The molecule has 3 aromatic rings. The molecule has 1 aromatic heterocycles. The van der Waals surface area contributed by atoms with Gasteiger partial charge in [0.15, 0.2) is 11.5 Å². The molecule has 1 amide bonds. The minimum absolute atomic E-state index is 0.151. The van der Waals surface area contributed by atoms with Crippen molar-refractivity contribution in [2.75, 3.05) is 24.3 Å². The van der Waals surface area contributed by atoms with Gasteiger partial charge in [-0.15, -0.1) is 10.2 Å². The first kappa shape index (κ1) is 17.9. The summed E-state index contributed by atoms with van der Waals surface area (Å²) in [5.74, 6) is 1.73. The summed E-state index contributed by atoms with van der Waals surface area (Å²) in [6, 6.07) is 12.8. The van der Waals surface area contributed by atoms with E-state index >= 15 is 0 Å². The molecule has 9 heteroatoms. The van der Waals surface area contributed by atoms with Crippen LogP contribution in [0.2, 0.25) is 0 Å². The molecule has 138 valence electrons. The van der Waals surface area contributed by atoms with Crippen LogP contribution in [0.25, 0.3) is 11.5 Å². The number of fused-ring (bicyclic) bond motifs is 1. The Morgan fingerprint density at radius 2 is 1.85 bits per heavy atom. The summed E-state index contributed by atoms with van der Waals surface area (Å²) in [7, 11) is 0. The van der Waals surface area contributed by atoms with E-state index in [-0.39, 0.29) is 11.7 Å². The quantitative estimate of drug-likeness (QED) is 0.591. The average Bonchev–Trinajstić information content (AvgIpc) is 3.17. The van der Waals surface area contributed by atoms with Gasteiger partial charge in [-0.1, -0.05) is 27.7 Å². The van der Waals surface area contributed by atoms with Crippen molar-refractivity contribution in [3.05, 3.63) is 46.9 Å². The molecule has 1 N–H and O–H groups in total. The summed E-state index contributed by atoms with van der Waals surface area (Å²) in [6.45, 7) is 1.05. The van der Waals surface area contributed by atoms with Gasteiger partial charge in [-0.2, -0.15) is 0 Å². The van der Waals surface area contributed by atoms with Gasteiger partial charge in [-0.05, 0) is 42.5 Å². The molecule has 1 aliphatic heterocycles. The average molecular weight is 448 g/mol. The topological polar surface area (TPSA) is 86.5 Å². The summed E-state index contributed by atoms with van der Waals surface area (Å²) in [5, 5.41) is 11.2. The molecule has 0 saturated heterocycles. The molecular weight excluding hydrogens is 434 g/mol. The van der Waals surface area contributed by atoms with E-state index in [1.165, 1.54) is 11.8 Å². The molecule has 7 nitrogen and oxygen atoms in total. The smallest absolute Gasteiger partial charge is 0.277 e. The Morgan fingerprint density at radius 3 is 2.67 bits per heavy atom. The molecule has 0 saturated carbocycles. The molecule has 0 radical (unpaired) electrons. The number of hydrogen-bond acceptors (Lipinski definition) is 7. The number of nitrogens with zero attached hydrogens (tertiary/aromatic N) is 2. The summed E-state index contributed by atoms with van der Waals surface area (Å²) >= 11 is 4.53. The Bertz CT molecular complexity index is 961. The van der Waals surface area contributed by atoms with Crippen molar-refractivity contribution >= 4 is 39.3 Å². The molecule has 0 fully saturated rings. The van der Waals surface area contributed by atoms with E-state index in [9.17, 15) is 4.79 Å². The van der Waals surface area contributed by atoms with Crippen LogP contribution in [0.15, 0.2) is 56.6 Å². The lowest BCUT2D eigenvalue weighted by molar-refractivity contribution is -0.113. The largest absolute Gasteiger partial charge is 0.486 e. The van der Waals surface area contributed by atoms with Crippen LogP contribution in [-0.4, -0.2) is 35.1 Å². The first-order chi connectivity index (χ1) is 13.2. The van der Waals surface area contributed by atoms with Crippen LogP contribution in [-0.2, 0) is 4.79 Å². The van der Waals surface area contributed by atoms with Gasteiger partial charge in [0.05, 0.1) is 5.75 Å². The number of rotatable bonds is 5. The van der Waals surface area contributed by atoms with Gasteiger partial charge < -0.3 is 19.2 Å². The zero-order valence-corrected chi connectivity index (χ0v) is 16.4. The minimum atomic E-state index is -0.151. The van der Waals surface area contributed by atoms with Crippen molar-refractivity contribution in [2.24, 2.45) is 0 Å².